The zero-order valence-corrected chi connectivity index (χ0v) is 22.7. The van der Waals surface area contributed by atoms with Gasteiger partial charge in [0.15, 0.2) is 5.65 Å². The lowest BCUT2D eigenvalue weighted by Crippen LogP contribution is -2.52. The van der Waals surface area contributed by atoms with Gasteiger partial charge in [-0.15, -0.1) is 0 Å². The van der Waals surface area contributed by atoms with Gasteiger partial charge >= 0.3 is 0 Å². The van der Waals surface area contributed by atoms with E-state index in [0.29, 0.717) is 32.8 Å². The number of hydrogen-bond acceptors (Lipinski definition) is 7. The van der Waals surface area contributed by atoms with Crippen molar-refractivity contribution in [2.24, 2.45) is 0 Å². The van der Waals surface area contributed by atoms with Crippen molar-refractivity contribution in [2.45, 2.75) is 33.6 Å². The number of rotatable bonds is 5. The molecule has 10 heteroatoms. The lowest BCUT2D eigenvalue weighted by molar-refractivity contribution is -0.133. The van der Waals surface area contributed by atoms with Crippen molar-refractivity contribution in [1.29, 1.82) is 0 Å². The molecule has 0 atom stereocenters. The second-order valence-electron chi connectivity index (χ2n) is 10.7. The Hall–Kier alpha value is -3.50. The molecule has 0 aliphatic carbocycles. The summed E-state index contributed by atoms with van der Waals surface area (Å²) in [6.45, 7) is 15.2. The molecule has 1 N–H and O–H groups in total. The highest BCUT2D eigenvalue weighted by Gasteiger charge is 2.26. The molecule has 10 nitrogen and oxygen atoms in total. The highest BCUT2D eigenvalue weighted by Crippen LogP contribution is 2.38. The predicted molar refractivity (Wildman–Crippen MR) is 148 cm³/mol. The fourth-order valence-corrected chi connectivity index (χ4v) is 5.72. The number of aromatic amines is 1. The number of anilines is 1. The summed E-state index contributed by atoms with van der Waals surface area (Å²) < 4.78 is 7.26. The number of carbonyl (C=O) groups excluding carboxylic acids is 1. The second kappa shape index (κ2) is 9.99. The van der Waals surface area contributed by atoms with Crippen LogP contribution in [0.15, 0.2) is 24.7 Å². The Morgan fingerprint density at radius 2 is 1.82 bits per heavy atom. The molecule has 200 valence electrons. The van der Waals surface area contributed by atoms with Gasteiger partial charge in [-0.1, -0.05) is 13.8 Å². The fourth-order valence-electron chi connectivity index (χ4n) is 5.72. The van der Waals surface area contributed by atoms with Gasteiger partial charge in [-0.3, -0.25) is 9.69 Å². The summed E-state index contributed by atoms with van der Waals surface area (Å²) in [7, 11) is 0. The van der Waals surface area contributed by atoms with Crippen LogP contribution in [0.1, 0.15) is 36.5 Å². The van der Waals surface area contributed by atoms with Crippen molar-refractivity contribution < 1.29 is 9.53 Å². The van der Waals surface area contributed by atoms with E-state index in [1.807, 2.05) is 9.42 Å². The number of piperazine rings is 1. The molecule has 4 aromatic heterocycles. The van der Waals surface area contributed by atoms with Crippen LogP contribution in [0.2, 0.25) is 0 Å². The van der Waals surface area contributed by atoms with E-state index in [1.165, 1.54) is 11.1 Å². The predicted octanol–water partition coefficient (Wildman–Crippen LogP) is 2.99. The Bertz CT molecular complexity index is 1480. The van der Waals surface area contributed by atoms with E-state index >= 15 is 0 Å². The monoisotopic (exact) mass is 516 g/mol. The van der Waals surface area contributed by atoms with E-state index in [4.69, 9.17) is 9.72 Å². The van der Waals surface area contributed by atoms with E-state index < -0.39 is 0 Å². The van der Waals surface area contributed by atoms with Crippen LogP contribution in [-0.2, 0) is 9.53 Å². The minimum absolute atomic E-state index is 0.211. The molecule has 0 spiro atoms. The zero-order chi connectivity index (χ0) is 26.4. The van der Waals surface area contributed by atoms with Crippen molar-refractivity contribution >= 4 is 28.4 Å². The molecule has 1 amide bonds. The van der Waals surface area contributed by atoms with Gasteiger partial charge in [-0.25, -0.2) is 14.5 Å². The van der Waals surface area contributed by atoms with Crippen LogP contribution in [0, 0.1) is 13.8 Å². The Kier molecular flexibility index (Phi) is 6.53. The van der Waals surface area contributed by atoms with E-state index in [-0.39, 0.29) is 11.8 Å². The van der Waals surface area contributed by atoms with Gasteiger partial charge in [0.25, 0.3) is 0 Å². The van der Waals surface area contributed by atoms with Gasteiger partial charge in [-0.05, 0) is 43.0 Å². The largest absolute Gasteiger partial charge is 0.379 e. The summed E-state index contributed by atoms with van der Waals surface area (Å²) >= 11 is 0. The summed E-state index contributed by atoms with van der Waals surface area (Å²) in [4.78, 5) is 32.6. The lowest BCUT2D eigenvalue weighted by atomic mass is 9.95. The summed E-state index contributed by atoms with van der Waals surface area (Å²) in [5.41, 5.74) is 8.67. The number of nitrogens with one attached hydrogen (secondary N) is 1. The normalized spacial score (nSPS) is 17.3. The van der Waals surface area contributed by atoms with Crippen LogP contribution in [-0.4, -0.2) is 99.3 Å². The first kappa shape index (κ1) is 24.8. The fraction of sp³-hybridized carbons (Fsp3) is 0.500. The molecule has 38 heavy (non-hydrogen) atoms. The number of morpholine rings is 1. The van der Waals surface area contributed by atoms with E-state index in [0.717, 1.165) is 65.5 Å². The number of ether oxygens (including phenoxy) is 1. The lowest BCUT2D eigenvalue weighted by Gasteiger charge is -2.37. The van der Waals surface area contributed by atoms with Gasteiger partial charge in [0, 0.05) is 56.6 Å². The van der Waals surface area contributed by atoms with Crippen molar-refractivity contribution in [3.05, 3.63) is 41.3 Å². The summed E-state index contributed by atoms with van der Waals surface area (Å²) in [6, 6.07) is 4.23. The Morgan fingerprint density at radius 3 is 2.55 bits per heavy atom. The van der Waals surface area contributed by atoms with E-state index in [1.54, 1.807) is 6.33 Å². The van der Waals surface area contributed by atoms with Crippen LogP contribution in [0.3, 0.4) is 0 Å². The van der Waals surface area contributed by atoms with Crippen LogP contribution in [0.5, 0.6) is 0 Å². The van der Waals surface area contributed by atoms with Crippen LogP contribution in [0.4, 0.5) is 5.82 Å². The van der Waals surface area contributed by atoms with Gasteiger partial charge in [0.05, 0.1) is 36.5 Å². The van der Waals surface area contributed by atoms with Crippen molar-refractivity contribution in [1.82, 2.24) is 34.4 Å². The third-order valence-electron chi connectivity index (χ3n) is 8.06. The third-order valence-corrected chi connectivity index (χ3v) is 8.06. The standard InChI is InChI=1S/C28H36N8O2/c1-18(2)25-26(21-15-36-28(29-17-30-36)20(4)19(21)3)31-22-5-6-23(32-27(22)25)34-7-9-35(10-8-34)24(37)16-33-11-13-38-14-12-33/h5-6,15,17-18,31H,7-14,16H2,1-4H3. The maximum Gasteiger partial charge on any atom is 0.236 e. The molecule has 6 rings (SSSR count). The number of hydrogen-bond donors (Lipinski definition) is 1. The van der Waals surface area contributed by atoms with Gasteiger partial charge in [-0.2, -0.15) is 5.10 Å². The number of pyridine rings is 2. The first-order valence-corrected chi connectivity index (χ1v) is 13.6. The highest BCUT2D eigenvalue weighted by atomic mass is 16.5. The second-order valence-corrected chi connectivity index (χ2v) is 10.7. The molecular weight excluding hydrogens is 480 g/mol. The smallest absolute Gasteiger partial charge is 0.236 e. The highest BCUT2D eigenvalue weighted by molar-refractivity contribution is 5.90. The molecule has 0 aromatic carbocycles. The van der Waals surface area contributed by atoms with Crippen LogP contribution < -0.4 is 4.90 Å². The molecule has 0 radical (unpaired) electrons. The number of aromatic nitrogens is 5. The number of nitrogens with zero attached hydrogens (tertiary/aromatic N) is 7. The minimum Gasteiger partial charge on any atom is -0.379 e. The Morgan fingerprint density at radius 1 is 1.05 bits per heavy atom. The third kappa shape index (κ3) is 4.41. The molecule has 0 bridgehead atoms. The number of fused-ring (bicyclic) bond motifs is 2. The summed E-state index contributed by atoms with van der Waals surface area (Å²) in [5.74, 6) is 1.45. The summed E-state index contributed by atoms with van der Waals surface area (Å²) in [5, 5.41) is 4.39. The zero-order valence-electron chi connectivity index (χ0n) is 22.7. The molecule has 0 saturated carbocycles. The maximum absolute atomic E-state index is 12.9. The average molecular weight is 517 g/mol. The van der Waals surface area contributed by atoms with Crippen molar-refractivity contribution in [2.75, 3.05) is 63.9 Å². The topological polar surface area (TPSA) is 94.9 Å². The number of carbonyl (C=O) groups is 1. The average Bonchev–Trinajstić information content (AvgIpc) is 3.56. The molecule has 2 fully saturated rings. The van der Waals surface area contributed by atoms with Crippen molar-refractivity contribution in [3.8, 4) is 11.3 Å². The first-order chi connectivity index (χ1) is 18.4. The molecule has 2 aliphatic rings. The van der Waals surface area contributed by atoms with Gasteiger partial charge in [0.2, 0.25) is 5.91 Å². The molecule has 6 heterocycles. The van der Waals surface area contributed by atoms with Crippen LogP contribution in [0.25, 0.3) is 27.9 Å². The first-order valence-electron chi connectivity index (χ1n) is 13.6. The quantitative estimate of drug-likeness (QED) is 0.436. The molecule has 4 aromatic rings. The minimum atomic E-state index is 0.211. The van der Waals surface area contributed by atoms with Gasteiger partial charge < -0.3 is 19.5 Å². The SMILES string of the molecule is Cc1c(-c2[nH]c3ccc(N4CCN(C(=O)CN5CCOCC5)CC4)nc3c2C(C)C)cn2ncnc2c1C. The Balaban J connectivity index is 1.25. The molecule has 2 aliphatic heterocycles. The summed E-state index contributed by atoms with van der Waals surface area (Å²) in [6.07, 6.45) is 3.67. The van der Waals surface area contributed by atoms with Crippen molar-refractivity contribution in [3.63, 3.8) is 0 Å². The van der Waals surface area contributed by atoms with Gasteiger partial charge in [0.1, 0.15) is 12.1 Å². The van der Waals surface area contributed by atoms with E-state index in [2.05, 4.69) is 70.9 Å². The number of aryl methyl sites for hydroxylation is 1. The number of H-pyrrole nitrogens is 1. The number of amides is 1. The van der Waals surface area contributed by atoms with E-state index in [9.17, 15) is 4.79 Å². The Labute approximate surface area is 222 Å². The molecule has 2 saturated heterocycles. The molecule has 0 unspecified atom stereocenters. The molecular formula is C28H36N8O2. The van der Waals surface area contributed by atoms with Crippen LogP contribution >= 0.6 is 0 Å². The maximum atomic E-state index is 12.9.